The van der Waals surface area contributed by atoms with Crippen LogP contribution in [-0.2, 0) is 26.2 Å². The van der Waals surface area contributed by atoms with E-state index in [1.807, 2.05) is 0 Å². The molecule has 1 aliphatic heterocycles. The maximum Gasteiger partial charge on any atom is 0.318 e. The molecule has 3 nitrogen and oxygen atoms in total. The maximum absolute atomic E-state index is 13.8. The molecule has 2 bridgehead atoms. The van der Waals surface area contributed by atoms with Gasteiger partial charge in [0.25, 0.3) is 0 Å². The number of cyclic esters (lactones) is 2. The zero-order valence-electron chi connectivity index (χ0n) is 42.7. The molecule has 0 radical (unpaired) electrons. The van der Waals surface area contributed by atoms with Crippen LogP contribution in [0.1, 0.15) is 110 Å². The molecule has 11 unspecified atom stereocenters. The van der Waals surface area contributed by atoms with Gasteiger partial charge in [-0.05, 0) is 311 Å². The van der Waals surface area contributed by atoms with Crippen molar-refractivity contribution in [3.05, 3.63) is 116 Å². The first-order chi connectivity index (χ1) is 37.2. The zero-order chi connectivity index (χ0) is 49.1. The molecule has 1 saturated heterocycles. The lowest BCUT2D eigenvalue weighted by Crippen LogP contribution is -2.60. The Balaban J connectivity index is 1.09. The molecule has 3 heteroatoms. The predicted molar refractivity (Wildman–Crippen MR) is 312 cm³/mol. The summed E-state index contributed by atoms with van der Waals surface area (Å²) in [5.41, 5.74) is 10.2. The van der Waals surface area contributed by atoms with Crippen molar-refractivity contribution in [2.75, 3.05) is 0 Å². The van der Waals surface area contributed by atoms with Crippen LogP contribution >= 0.6 is 0 Å². The van der Waals surface area contributed by atoms with Gasteiger partial charge in [0.15, 0.2) is 0 Å². The predicted octanol–water partition coefficient (Wildman–Crippen LogP) is 15.3. The summed E-state index contributed by atoms with van der Waals surface area (Å²) >= 11 is 0. The summed E-state index contributed by atoms with van der Waals surface area (Å²) in [4.78, 5) is 27.7. The molecular weight excluding hydrogens is 925 g/mol. The van der Waals surface area contributed by atoms with Crippen LogP contribution in [0.5, 0.6) is 0 Å². The highest BCUT2D eigenvalue weighted by Crippen LogP contribution is 2.71. The van der Waals surface area contributed by atoms with Crippen LogP contribution in [0, 0.1) is 41.4 Å². The molecule has 0 aromatic heterocycles. The third-order valence-electron chi connectivity index (χ3n) is 24.8. The molecule has 3 fully saturated rings. The SMILES string of the molecule is C=CC1=Cc2cc3cc4cc5c6c(c7c8c9c(ccc%10cc%11cc%12c/c%13c%14c%15c%16c%17c(c2C2C1CCC(C(CCCC\C=%13)C%15)C%162)c3c1c4c6c2c7c(c%109)c%11c3c%12c%14c%17c1c32)C1(C)C(C=8)C2C(=O)OC(=O)C21)C(C)C(C)C=5. The van der Waals surface area contributed by atoms with Crippen LogP contribution in [-0.4, -0.2) is 11.9 Å². The van der Waals surface area contributed by atoms with Gasteiger partial charge in [-0.15, -0.1) is 0 Å². The van der Waals surface area contributed by atoms with E-state index in [9.17, 15) is 9.59 Å². The standard InChI is InChI=1S/C73H48O3/c1-5-27-16-32-20-36-22-35-19-31-15-25(2)26(3)43-46(31)60-50(35)63-51(36)61-47(32)53-37(27)12-13-38-28-9-7-6-8-10-29-17-33-21-34-18-30-11-14-41-52-40(24-42-57-70(73(41,42)4)72(75)76-71(57)74)55(43)64-59(45(30)52)49(34)62-48(33)58-44(29)39(23-28)56(54(38)53)65(61)66(58)68(63)69(62)67(60)64/h5,10-11,14-22,24-26,28,37-38,42,53-54,57,70H,1,6-9,12-13,23H2,2-4H3/b29-10-. The van der Waals surface area contributed by atoms with E-state index in [1.54, 1.807) is 43.6 Å². The van der Waals surface area contributed by atoms with Crippen molar-refractivity contribution in [2.45, 2.75) is 88.9 Å². The molecule has 76 heavy (non-hydrogen) atoms. The number of rotatable bonds is 1. The highest BCUT2D eigenvalue weighted by Gasteiger charge is 2.71. The number of carbonyl (C=O) groups is 2. The molecule has 0 amide bonds. The molecule has 8 aliphatic carbocycles. The monoisotopic (exact) mass is 972 g/mol. The van der Waals surface area contributed by atoms with Gasteiger partial charge in [-0.25, -0.2) is 0 Å². The molecule has 1 heterocycles. The van der Waals surface area contributed by atoms with E-state index in [4.69, 9.17) is 4.74 Å². The Kier molecular flexibility index (Phi) is 5.64. The first kappa shape index (κ1) is 38.2. The van der Waals surface area contributed by atoms with Gasteiger partial charge in [0.2, 0.25) is 0 Å². The lowest BCUT2D eigenvalue weighted by Gasteiger charge is -2.55. The van der Waals surface area contributed by atoms with Crippen LogP contribution in [0.4, 0.5) is 0 Å². The average molecular weight is 973 g/mol. The summed E-state index contributed by atoms with van der Waals surface area (Å²) < 4.78 is 5.59. The van der Waals surface area contributed by atoms with E-state index in [0.29, 0.717) is 35.5 Å². The fraction of sp³-hybridized carbons (Fsp3) is 0.288. The molecule has 0 spiro atoms. The molecule has 9 aliphatic rings. The van der Waals surface area contributed by atoms with Gasteiger partial charge >= 0.3 is 11.9 Å². The fourth-order valence-electron chi connectivity index (χ4n) is 22.3. The summed E-state index contributed by atoms with van der Waals surface area (Å²) in [5.74, 6) is 1.68. The van der Waals surface area contributed by atoms with Crippen molar-refractivity contribution in [3.63, 3.8) is 0 Å². The summed E-state index contributed by atoms with van der Waals surface area (Å²) in [7, 11) is 0. The van der Waals surface area contributed by atoms with Crippen molar-refractivity contribution >= 4 is 176 Å². The van der Waals surface area contributed by atoms with Gasteiger partial charge in [0, 0.05) is 11.3 Å². The number of fused-ring (bicyclic) bond motifs is 9. The Hall–Kier alpha value is -7.36. The first-order valence-electron chi connectivity index (χ1n) is 29.2. The van der Waals surface area contributed by atoms with Gasteiger partial charge in [-0.1, -0.05) is 76.3 Å². The van der Waals surface area contributed by atoms with E-state index in [-0.39, 0.29) is 23.8 Å². The minimum Gasteiger partial charge on any atom is -0.393 e. The van der Waals surface area contributed by atoms with Crippen molar-refractivity contribution in [3.8, 4) is 0 Å². The van der Waals surface area contributed by atoms with Crippen LogP contribution in [0.25, 0.3) is 164 Å². The molecule has 11 atom stereocenters. The molecule has 14 aromatic rings. The lowest BCUT2D eigenvalue weighted by atomic mass is 9.44. The van der Waals surface area contributed by atoms with Gasteiger partial charge < -0.3 is 4.74 Å². The highest BCUT2D eigenvalue weighted by molar-refractivity contribution is 6.61. The molecule has 2 saturated carbocycles. The van der Waals surface area contributed by atoms with Crippen molar-refractivity contribution in [1.29, 1.82) is 0 Å². The van der Waals surface area contributed by atoms with E-state index in [0.717, 1.165) is 6.42 Å². The maximum atomic E-state index is 13.8. The topological polar surface area (TPSA) is 43.4 Å². The fourth-order valence-corrected chi connectivity index (χ4v) is 22.3. The lowest BCUT2D eigenvalue weighted by molar-refractivity contribution is -0.153. The summed E-state index contributed by atoms with van der Waals surface area (Å²) in [6.45, 7) is 11.8. The second kappa shape index (κ2) is 11.2. The largest absolute Gasteiger partial charge is 0.393 e. The molecule has 14 aromatic carbocycles. The second-order valence-corrected chi connectivity index (χ2v) is 27.0. The molecule has 23 rings (SSSR count). The average Bonchev–Trinajstić information content (AvgIpc) is 3.79. The third-order valence-corrected chi connectivity index (χ3v) is 24.8. The summed E-state index contributed by atoms with van der Waals surface area (Å²) in [6, 6.07) is 20.5. The van der Waals surface area contributed by atoms with Gasteiger partial charge in [0.05, 0.1) is 11.8 Å². The van der Waals surface area contributed by atoms with Crippen molar-refractivity contribution in [2.24, 2.45) is 41.4 Å². The Bertz CT molecular complexity index is 5590. The smallest absolute Gasteiger partial charge is 0.318 e. The van der Waals surface area contributed by atoms with Gasteiger partial charge in [-0.2, -0.15) is 0 Å². The first-order valence-corrected chi connectivity index (χ1v) is 29.2. The Morgan fingerprint density at radius 1 is 0.579 bits per heavy atom. The number of allylic oxidation sites excluding steroid dienone is 2. The van der Waals surface area contributed by atoms with E-state index in [1.165, 1.54) is 190 Å². The minimum absolute atomic E-state index is 0.126. The highest BCUT2D eigenvalue weighted by atomic mass is 16.6. The summed E-state index contributed by atoms with van der Waals surface area (Å²) in [6.07, 6.45) is 21.4. The van der Waals surface area contributed by atoms with Crippen LogP contribution in [0.3, 0.4) is 0 Å². The molecule has 358 valence electrons. The van der Waals surface area contributed by atoms with Crippen molar-refractivity contribution < 1.29 is 14.3 Å². The molecule has 0 N–H and O–H groups in total. The number of hydrogen-bond donors (Lipinski definition) is 0. The Labute approximate surface area is 434 Å². The van der Waals surface area contributed by atoms with E-state index < -0.39 is 17.3 Å². The van der Waals surface area contributed by atoms with Crippen molar-refractivity contribution in [1.82, 2.24) is 0 Å². The minimum atomic E-state index is -0.538. The number of carbonyl (C=O) groups excluding carboxylic acids is 2. The number of ether oxygens (including phenoxy) is 1. The number of esters is 2. The van der Waals surface area contributed by atoms with Crippen LogP contribution in [0.15, 0.2) is 66.8 Å². The van der Waals surface area contributed by atoms with E-state index >= 15 is 0 Å². The Morgan fingerprint density at radius 2 is 1.24 bits per heavy atom. The second-order valence-electron chi connectivity index (χ2n) is 27.0. The van der Waals surface area contributed by atoms with Crippen LogP contribution < -0.4 is 15.7 Å². The molecular formula is C73H48O3. The zero-order valence-corrected chi connectivity index (χ0v) is 42.7. The summed E-state index contributed by atoms with van der Waals surface area (Å²) in [5, 5.41) is 42.1. The van der Waals surface area contributed by atoms with Gasteiger partial charge in [-0.3, -0.25) is 9.59 Å². The van der Waals surface area contributed by atoms with Crippen LogP contribution in [0.2, 0.25) is 0 Å². The number of benzene rings is 14. The Morgan fingerprint density at radius 3 is 2.04 bits per heavy atom. The quantitative estimate of drug-likeness (QED) is 0.0712. The van der Waals surface area contributed by atoms with E-state index in [2.05, 4.69) is 106 Å². The van der Waals surface area contributed by atoms with Gasteiger partial charge in [0.1, 0.15) is 0 Å². The number of hydrogen-bond acceptors (Lipinski definition) is 3. The third kappa shape index (κ3) is 3.40. The normalized spacial score (nSPS) is 31.3.